The third kappa shape index (κ3) is 3.83. The predicted molar refractivity (Wildman–Crippen MR) is 94.4 cm³/mol. The van der Waals surface area contributed by atoms with Gasteiger partial charge >= 0.3 is 0 Å². The maximum absolute atomic E-state index is 12.7. The van der Waals surface area contributed by atoms with Crippen LogP contribution in [0.15, 0.2) is 40.1 Å². The molecule has 0 radical (unpaired) electrons. The number of hydrogen-bond donors (Lipinski definition) is 0. The number of thiazole rings is 1. The number of aromatic nitrogens is 1. The lowest BCUT2D eigenvalue weighted by molar-refractivity contribution is 0.0693. The fourth-order valence-electron chi connectivity index (χ4n) is 2.64. The first-order chi connectivity index (χ1) is 12.0. The second-order valence-electron chi connectivity index (χ2n) is 5.47. The Labute approximate surface area is 150 Å². The summed E-state index contributed by atoms with van der Waals surface area (Å²) in [6.45, 7) is 3.65. The molecule has 1 aromatic heterocycles. The highest BCUT2D eigenvalue weighted by atomic mass is 32.2. The molecule has 1 amide bonds. The van der Waals surface area contributed by atoms with Gasteiger partial charge in [-0.2, -0.15) is 4.31 Å². The van der Waals surface area contributed by atoms with Gasteiger partial charge in [-0.25, -0.2) is 13.4 Å². The fraction of sp³-hybridized carbons (Fsp3) is 0.375. The molecule has 2 aromatic rings. The largest absolute Gasteiger partial charge is 0.494 e. The number of hydrogen-bond acceptors (Lipinski definition) is 6. The Morgan fingerprint density at radius 3 is 2.44 bits per heavy atom. The number of sulfonamides is 1. The quantitative estimate of drug-likeness (QED) is 0.787. The van der Waals surface area contributed by atoms with E-state index in [-0.39, 0.29) is 23.9 Å². The molecule has 0 unspecified atom stereocenters. The number of benzene rings is 1. The minimum absolute atomic E-state index is 0.153. The van der Waals surface area contributed by atoms with Crippen molar-refractivity contribution < 1.29 is 17.9 Å². The monoisotopic (exact) mass is 381 g/mol. The summed E-state index contributed by atoms with van der Waals surface area (Å²) in [6, 6.07) is 6.40. The zero-order chi connectivity index (χ0) is 17.9. The molecule has 3 rings (SSSR count). The Morgan fingerprint density at radius 1 is 1.20 bits per heavy atom. The first-order valence-electron chi connectivity index (χ1n) is 7.93. The molecular formula is C16H19N3O4S2. The smallest absolute Gasteiger partial charge is 0.273 e. The van der Waals surface area contributed by atoms with Crippen molar-refractivity contribution in [2.45, 2.75) is 11.8 Å². The minimum Gasteiger partial charge on any atom is -0.494 e. The van der Waals surface area contributed by atoms with Crippen molar-refractivity contribution >= 4 is 27.3 Å². The van der Waals surface area contributed by atoms with Gasteiger partial charge in [0.25, 0.3) is 5.91 Å². The molecule has 2 heterocycles. The Hall–Kier alpha value is -1.97. The third-order valence-electron chi connectivity index (χ3n) is 3.95. The van der Waals surface area contributed by atoms with E-state index in [0.717, 1.165) is 0 Å². The second kappa shape index (κ2) is 7.51. The lowest BCUT2D eigenvalue weighted by Crippen LogP contribution is -2.50. The Kier molecular flexibility index (Phi) is 5.36. The summed E-state index contributed by atoms with van der Waals surface area (Å²) in [4.78, 5) is 18.2. The van der Waals surface area contributed by atoms with Crippen LogP contribution in [0.3, 0.4) is 0 Å². The highest BCUT2D eigenvalue weighted by Crippen LogP contribution is 2.21. The van der Waals surface area contributed by atoms with Gasteiger partial charge in [0, 0.05) is 31.6 Å². The zero-order valence-electron chi connectivity index (χ0n) is 13.8. The number of amides is 1. The summed E-state index contributed by atoms with van der Waals surface area (Å²) in [6.07, 6.45) is 0. The lowest BCUT2D eigenvalue weighted by atomic mass is 10.3. The number of rotatable bonds is 5. The lowest BCUT2D eigenvalue weighted by Gasteiger charge is -2.33. The Balaban J connectivity index is 1.66. The maximum atomic E-state index is 12.7. The number of ether oxygens (including phenoxy) is 1. The van der Waals surface area contributed by atoms with Crippen LogP contribution in [0.1, 0.15) is 17.4 Å². The topological polar surface area (TPSA) is 79.8 Å². The van der Waals surface area contributed by atoms with E-state index in [9.17, 15) is 13.2 Å². The Morgan fingerprint density at radius 2 is 1.88 bits per heavy atom. The molecule has 9 heteroatoms. The van der Waals surface area contributed by atoms with Gasteiger partial charge in [-0.3, -0.25) is 4.79 Å². The predicted octanol–water partition coefficient (Wildman–Crippen LogP) is 1.69. The summed E-state index contributed by atoms with van der Waals surface area (Å²) in [7, 11) is -3.57. The molecule has 1 aliphatic heterocycles. The minimum atomic E-state index is -3.57. The number of piperazine rings is 1. The molecule has 0 spiro atoms. The molecule has 0 aliphatic carbocycles. The SMILES string of the molecule is CCOc1ccc(S(=O)(=O)N2CCN(C(=O)c3cscn3)CC2)cc1. The zero-order valence-corrected chi connectivity index (χ0v) is 15.4. The molecule has 0 atom stereocenters. The van der Waals surface area contributed by atoms with Crippen molar-refractivity contribution in [3.05, 3.63) is 40.8 Å². The van der Waals surface area contributed by atoms with Gasteiger partial charge < -0.3 is 9.64 Å². The second-order valence-corrected chi connectivity index (χ2v) is 8.13. The van der Waals surface area contributed by atoms with Gasteiger partial charge in [-0.15, -0.1) is 11.3 Å². The van der Waals surface area contributed by atoms with Crippen molar-refractivity contribution in [1.29, 1.82) is 0 Å². The van der Waals surface area contributed by atoms with E-state index < -0.39 is 10.0 Å². The summed E-state index contributed by atoms with van der Waals surface area (Å²) in [5, 5.41) is 1.70. The number of nitrogens with zero attached hydrogens (tertiary/aromatic N) is 3. The van der Waals surface area contributed by atoms with Crippen LogP contribution < -0.4 is 4.74 Å². The number of carbonyl (C=O) groups is 1. The van der Waals surface area contributed by atoms with Gasteiger partial charge in [0.05, 0.1) is 17.0 Å². The van der Waals surface area contributed by atoms with Gasteiger partial charge in [-0.05, 0) is 31.2 Å². The van der Waals surface area contributed by atoms with E-state index in [1.54, 1.807) is 40.1 Å². The molecule has 134 valence electrons. The normalized spacial score (nSPS) is 16.0. The average Bonchev–Trinajstić information content (AvgIpc) is 3.17. The van der Waals surface area contributed by atoms with Crippen LogP contribution in [0.2, 0.25) is 0 Å². The highest BCUT2D eigenvalue weighted by molar-refractivity contribution is 7.89. The van der Waals surface area contributed by atoms with Crippen molar-refractivity contribution in [2.75, 3.05) is 32.8 Å². The van der Waals surface area contributed by atoms with Crippen molar-refractivity contribution in [1.82, 2.24) is 14.2 Å². The molecule has 0 bridgehead atoms. The summed E-state index contributed by atoms with van der Waals surface area (Å²) in [5.74, 6) is 0.486. The summed E-state index contributed by atoms with van der Waals surface area (Å²) >= 11 is 1.36. The third-order valence-corrected chi connectivity index (χ3v) is 6.45. The van der Waals surface area contributed by atoms with Crippen molar-refractivity contribution in [2.24, 2.45) is 0 Å². The van der Waals surface area contributed by atoms with Crippen molar-refractivity contribution in [3.8, 4) is 5.75 Å². The number of carbonyl (C=O) groups excluding carboxylic acids is 1. The molecule has 1 aromatic carbocycles. The van der Waals surface area contributed by atoms with E-state index in [2.05, 4.69) is 4.98 Å². The first-order valence-corrected chi connectivity index (χ1v) is 10.3. The molecule has 25 heavy (non-hydrogen) atoms. The van der Waals surface area contributed by atoms with Gasteiger partial charge in [0.15, 0.2) is 0 Å². The summed E-state index contributed by atoms with van der Waals surface area (Å²) in [5.41, 5.74) is 2.02. The molecular weight excluding hydrogens is 362 g/mol. The van der Waals surface area contributed by atoms with Crippen LogP contribution in [0.25, 0.3) is 0 Å². The van der Waals surface area contributed by atoms with Crippen LogP contribution in [-0.2, 0) is 10.0 Å². The van der Waals surface area contributed by atoms with E-state index in [0.29, 0.717) is 31.1 Å². The van der Waals surface area contributed by atoms with Gasteiger partial charge in [-0.1, -0.05) is 0 Å². The van der Waals surface area contributed by atoms with Crippen LogP contribution in [0, 0.1) is 0 Å². The molecule has 7 nitrogen and oxygen atoms in total. The van der Waals surface area contributed by atoms with Gasteiger partial charge in [0.2, 0.25) is 10.0 Å². The molecule has 1 aliphatic rings. The van der Waals surface area contributed by atoms with Crippen LogP contribution >= 0.6 is 11.3 Å². The molecule has 1 saturated heterocycles. The molecule has 1 fully saturated rings. The van der Waals surface area contributed by atoms with Crippen LogP contribution in [0.4, 0.5) is 0 Å². The molecule has 0 N–H and O–H groups in total. The first kappa shape index (κ1) is 17.8. The van der Waals surface area contributed by atoms with E-state index >= 15 is 0 Å². The van der Waals surface area contributed by atoms with E-state index in [1.165, 1.54) is 15.6 Å². The van der Waals surface area contributed by atoms with E-state index in [1.807, 2.05) is 6.92 Å². The standard InChI is InChI=1S/C16H19N3O4S2/c1-2-23-13-3-5-14(6-4-13)25(21,22)19-9-7-18(8-10-19)16(20)15-11-24-12-17-15/h3-6,11-12H,2,7-10H2,1H3. The van der Waals surface area contributed by atoms with Crippen LogP contribution in [0.5, 0.6) is 5.75 Å². The molecule has 0 saturated carbocycles. The van der Waals surface area contributed by atoms with Crippen LogP contribution in [-0.4, -0.2) is 61.3 Å². The van der Waals surface area contributed by atoms with Crippen molar-refractivity contribution in [3.63, 3.8) is 0 Å². The van der Waals surface area contributed by atoms with Gasteiger partial charge in [0.1, 0.15) is 11.4 Å². The highest BCUT2D eigenvalue weighted by Gasteiger charge is 2.30. The summed E-state index contributed by atoms with van der Waals surface area (Å²) < 4.78 is 32.2. The fourth-order valence-corrected chi connectivity index (χ4v) is 4.58. The Bertz CT molecular complexity index is 812. The maximum Gasteiger partial charge on any atom is 0.273 e. The van der Waals surface area contributed by atoms with E-state index in [4.69, 9.17) is 4.74 Å². The average molecular weight is 381 g/mol.